The van der Waals surface area contributed by atoms with Crippen LogP contribution in [-0.4, -0.2) is 30.6 Å². The Morgan fingerprint density at radius 1 is 0.967 bits per heavy atom. The average molecular weight is 404 g/mol. The Morgan fingerprint density at radius 2 is 1.70 bits per heavy atom. The van der Waals surface area contributed by atoms with E-state index in [2.05, 4.69) is 22.9 Å². The molecule has 0 aliphatic rings. The van der Waals surface area contributed by atoms with Crippen molar-refractivity contribution in [3.05, 3.63) is 83.9 Å². The maximum absolute atomic E-state index is 12.7. The number of phenolic OH excluding ortho intramolecular Hbond substituents is 1. The molecule has 4 N–H and O–H groups in total. The minimum atomic E-state index is -0.252. The highest BCUT2D eigenvalue weighted by Gasteiger charge is 2.11. The summed E-state index contributed by atoms with van der Waals surface area (Å²) in [6.45, 7) is 3.90. The number of rotatable bonds is 9. The van der Waals surface area contributed by atoms with E-state index in [1.165, 1.54) is 0 Å². The lowest BCUT2D eigenvalue weighted by Gasteiger charge is -2.14. The number of carbonyl (C=O) groups is 1. The molecule has 0 saturated carbocycles. The second kappa shape index (κ2) is 10.6. The van der Waals surface area contributed by atoms with E-state index >= 15 is 0 Å². The van der Waals surface area contributed by atoms with Gasteiger partial charge in [0.05, 0.1) is 5.69 Å². The molecule has 30 heavy (non-hydrogen) atoms. The molecule has 0 fully saturated rings. The standard InChI is InChI=1S/C25H29N3O2/c1-18(14-15-26-2)27-17-19-8-10-21(11-9-19)25(30)28-23-16-22(12-13-24(23)29)20-6-4-3-5-7-20/h3-13,16,18,26-27,29H,14-15,17H2,1-2H3,(H,28,30). The molecule has 3 aromatic carbocycles. The summed E-state index contributed by atoms with van der Waals surface area (Å²) in [4.78, 5) is 12.7. The van der Waals surface area contributed by atoms with Gasteiger partial charge in [0.1, 0.15) is 5.75 Å². The molecule has 0 radical (unpaired) electrons. The van der Waals surface area contributed by atoms with Crippen LogP contribution in [0.3, 0.4) is 0 Å². The molecule has 0 aliphatic carbocycles. The van der Waals surface area contributed by atoms with Crippen molar-refractivity contribution in [1.29, 1.82) is 0 Å². The predicted molar refractivity (Wildman–Crippen MR) is 123 cm³/mol. The monoisotopic (exact) mass is 403 g/mol. The molecule has 0 saturated heterocycles. The molecule has 0 bridgehead atoms. The lowest BCUT2D eigenvalue weighted by atomic mass is 10.0. The van der Waals surface area contributed by atoms with Crippen molar-refractivity contribution >= 4 is 11.6 Å². The zero-order chi connectivity index (χ0) is 21.3. The summed E-state index contributed by atoms with van der Waals surface area (Å²) in [5, 5.41) is 19.6. The first-order valence-corrected chi connectivity index (χ1v) is 10.2. The third-order valence-electron chi connectivity index (χ3n) is 5.05. The minimum absolute atomic E-state index is 0.0411. The Balaban J connectivity index is 1.63. The Morgan fingerprint density at radius 3 is 2.40 bits per heavy atom. The smallest absolute Gasteiger partial charge is 0.255 e. The molecule has 0 aromatic heterocycles. The predicted octanol–water partition coefficient (Wildman–Crippen LogP) is 4.40. The fourth-order valence-electron chi connectivity index (χ4n) is 3.17. The highest BCUT2D eigenvalue weighted by atomic mass is 16.3. The first-order valence-electron chi connectivity index (χ1n) is 10.2. The topological polar surface area (TPSA) is 73.4 Å². The number of aromatic hydroxyl groups is 1. The lowest BCUT2D eigenvalue weighted by Crippen LogP contribution is -2.28. The van der Waals surface area contributed by atoms with Gasteiger partial charge in [-0.2, -0.15) is 0 Å². The van der Waals surface area contributed by atoms with Crippen LogP contribution in [0.2, 0.25) is 0 Å². The van der Waals surface area contributed by atoms with E-state index < -0.39 is 0 Å². The first kappa shape index (κ1) is 21.6. The van der Waals surface area contributed by atoms with E-state index in [-0.39, 0.29) is 11.7 Å². The summed E-state index contributed by atoms with van der Waals surface area (Å²) in [6, 6.07) is 23.0. The maximum Gasteiger partial charge on any atom is 0.255 e. The summed E-state index contributed by atoms with van der Waals surface area (Å²) in [5.41, 5.74) is 4.01. The minimum Gasteiger partial charge on any atom is -0.506 e. The van der Waals surface area contributed by atoms with E-state index in [0.717, 1.165) is 36.2 Å². The number of hydrogen-bond donors (Lipinski definition) is 4. The first-order chi connectivity index (χ1) is 14.6. The summed E-state index contributed by atoms with van der Waals surface area (Å²) >= 11 is 0. The van der Waals surface area contributed by atoms with E-state index in [1.54, 1.807) is 12.1 Å². The van der Waals surface area contributed by atoms with Crippen molar-refractivity contribution in [2.24, 2.45) is 0 Å². The maximum atomic E-state index is 12.7. The van der Waals surface area contributed by atoms with Crippen LogP contribution in [0.5, 0.6) is 5.75 Å². The third kappa shape index (κ3) is 5.92. The summed E-state index contributed by atoms with van der Waals surface area (Å²) in [7, 11) is 1.95. The number of hydrogen-bond acceptors (Lipinski definition) is 4. The molecule has 0 heterocycles. The highest BCUT2D eigenvalue weighted by molar-refractivity contribution is 6.05. The van der Waals surface area contributed by atoms with E-state index in [9.17, 15) is 9.90 Å². The van der Waals surface area contributed by atoms with Gasteiger partial charge in [-0.05, 0) is 67.9 Å². The van der Waals surface area contributed by atoms with Crippen LogP contribution in [0.25, 0.3) is 11.1 Å². The van der Waals surface area contributed by atoms with Gasteiger partial charge in [-0.15, -0.1) is 0 Å². The largest absolute Gasteiger partial charge is 0.506 e. The quantitative estimate of drug-likeness (QED) is 0.400. The van der Waals surface area contributed by atoms with Gasteiger partial charge in [0.15, 0.2) is 0 Å². The van der Waals surface area contributed by atoms with E-state index in [4.69, 9.17) is 0 Å². The molecular formula is C25H29N3O2. The van der Waals surface area contributed by atoms with Gasteiger partial charge < -0.3 is 21.1 Å². The molecule has 3 rings (SSSR count). The number of anilines is 1. The zero-order valence-corrected chi connectivity index (χ0v) is 17.5. The van der Waals surface area contributed by atoms with Crippen LogP contribution in [0.1, 0.15) is 29.3 Å². The molecule has 156 valence electrons. The molecule has 3 aromatic rings. The zero-order valence-electron chi connectivity index (χ0n) is 17.5. The van der Waals surface area contributed by atoms with Crippen LogP contribution >= 0.6 is 0 Å². The fraction of sp³-hybridized carbons (Fsp3) is 0.240. The number of benzene rings is 3. The Labute approximate surface area is 178 Å². The van der Waals surface area contributed by atoms with E-state index in [0.29, 0.717) is 17.3 Å². The molecule has 1 unspecified atom stereocenters. The molecule has 5 nitrogen and oxygen atoms in total. The van der Waals surface area contributed by atoms with Crippen molar-refractivity contribution in [1.82, 2.24) is 10.6 Å². The van der Waals surface area contributed by atoms with Gasteiger partial charge in [0.25, 0.3) is 5.91 Å². The van der Waals surface area contributed by atoms with Crippen molar-refractivity contribution in [2.75, 3.05) is 18.9 Å². The molecular weight excluding hydrogens is 374 g/mol. The second-order valence-corrected chi connectivity index (χ2v) is 7.42. The number of phenols is 1. The SMILES string of the molecule is CNCCC(C)NCc1ccc(C(=O)Nc2cc(-c3ccccc3)ccc2O)cc1. The van der Waals surface area contributed by atoms with Gasteiger partial charge in [0, 0.05) is 18.2 Å². The van der Waals surface area contributed by atoms with Crippen LogP contribution in [0, 0.1) is 0 Å². The lowest BCUT2D eigenvalue weighted by molar-refractivity contribution is 0.102. The molecule has 0 spiro atoms. The third-order valence-corrected chi connectivity index (χ3v) is 5.05. The van der Waals surface area contributed by atoms with E-state index in [1.807, 2.05) is 67.7 Å². The summed E-state index contributed by atoms with van der Waals surface area (Å²) in [5.74, 6) is -0.211. The number of nitrogens with one attached hydrogen (secondary N) is 3. The fourth-order valence-corrected chi connectivity index (χ4v) is 3.17. The Bertz CT molecular complexity index is 956. The van der Waals surface area contributed by atoms with Gasteiger partial charge in [0.2, 0.25) is 0 Å². The van der Waals surface area contributed by atoms with Gasteiger partial charge in [-0.25, -0.2) is 0 Å². The van der Waals surface area contributed by atoms with Gasteiger partial charge >= 0.3 is 0 Å². The summed E-state index contributed by atoms with van der Waals surface area (Å²) < 4.78 is 0. The molecule has 0 aliphatic heterocycles. The summed E-state index contributed by atoms with van der Waals surface area (Å²) in [6.07, 6.45) is 1.06. The second-order valence-electron chi connectivity index (χ2n) is 7.42. The number of amides is 1. The van der Waals surface area contributed by atoms with Crippen molar-refractivity contribution in [2.45, 2.75) is 25.9 Å². The molecule has 1 amide bonds. The van der Waals surface area contributed by atoms with Crippen LogP contribution < -0.4 is 16.0 Å². The Kier molecular flexibility index (Phi) is 7.60. The van der Waals surface area contributed by atoms with Crippen LogP contribution in [0.15, 0.2) is 72.8 Å². The molecule has 1 atom stereocenters. The number of carbonyl (C=O) groups excluding carboxylic acids is 1. The molecule has 5 heteroatoms. The average Bonchev–Trinajstić information content (AvgIpc) is 2.78. The Hall–Kier alpha value is -3.15. The van der Waals surface area contributed by atoms with Crippen molar-refractivity contribution in [3.63, 3.8) is 0 Å². The van der Waals surface area contributed by atoms with Crippen LogP contribution in [0.4, 0.5) is 5.69 Å². The van der Waals surface area contributed by atoms with Gasteiger partial charge in [-0.3, -0.25) is 4.79 Å². The normalized spacial score (nSPS) is 11.8. The highest BCUT2D eigenvalue weighted by Crippen LogP contribution is 2.30. The van der Waals surface area contributed by atoms with Crippen molar-refractivity contribution in [3.8, 4) is 16.9 Å². The van der Waals surface area contributed by atoms with Crippen LogP contribution in [-0.2, 0) is 6.54 Å². The van der Waals surface area contributed by atoms with Crippen molar-refractivity contribution < 1.29 is 9.90 Å². The van der Waals surface area contributed by atoms with Gasteiger partial charge in [-0.1, -0.05) is 48.5 Å².